The Kier molecular flexibility index (Phi) is 3.95. The van der Waals surface area contributed by atoms with Crippen LogP contribution in [0.4, 0.5) is 0 Å². The summed E-state index contributed by atoms with van der Waals surface area (Å²) in [5.41, 5.74) is 2.58. The first-order chi connectivity index (χ1) is 12.1. The van der Waals surface area contributed by atoms with E-state index in [9.17, 15) is 4.79 Å². The third kappa shape index (κ3) is 3.12. The van der Waals surface area contributed by atoms with Gasteiger partial charge in [-0.15, -0.1) is 10.2 Å². The summed E-state index contributed by atoms with van der Waals surface area (Å²) in [4.78, 5) is 17.6. The zero-order valence-corrected chi connectivity index (χ0v) is 14.4. The Morgan fingerprint density at radius 2 is 2.12 bits per heavy atom. The molecule has 2 aromatic heterocycles. The molecule has 6 nitrogen and oxygen atoms in total. The van der Waals surface area contributed by atoms with Gasteiger partial charge in [0.25, 0.3) is 5.91 Å². The van der Waals surface area contributed by atoms with Crippen molar-refractivity contribution >= 4 is 16.8 Å². The van der Waals surface area contributed by atoms with Crippen LogP contribution in [0.5, 0.6) is 0 Å². The second-order valence-electron chi connectivity index (χ2n) is 6.82. The Hall–Kier alpha value is -2.76. The maximum Gasteiger partial charge on any atom is 0.252 e. The number of fused-ring (bicyclic) bond motifs is 1. The van der Waals surface area contributed by atoms with E-state index in [0.29, 0.717) is 18.0 Å². The number of aromatic nitrogens is 4. The monoisotopic (exact) mass is 335 g/mol. The van der Waals surface area contributed by atoms with Gasteiger partial charge in [-0.05, 0) is 38.8 Å². The van der Waals surface area contributed by atoms with E-state index in [0.717, 1.165) is 35.3 Å². The maximum absolute atomic E-state index is 12.8. The number of hydrogen-bond donors (Lipinski definition) is 1. The summed E-state index contributed by atoms with van der Waals surface area (Å²) >= 11 is 0. The molecule has 1 aromatic carbocycles. The number of carbonyl (C=O) groups is 1. The number of hydrogen-bond acceptors (Lipinski definition) is 4. The van der Waals surface area contributed by atoms with Crippen molar-refractivity contribution in [2.24, 2.45) is 0 Å². The van der Waals surface area contributed by atoms with Crippen LogP contribution < -0.4 is 5.32 Å². The van der Waals surface area contributed by atoms with E-state index in [1.165, 1.54) is 0 Å². The molecular formula is C19H21N5O. The highest BCUT2D eigenvalue weighted by Crippen LogP contribution is 2.40. The Balaban J connectivity index is 1.62. The van der Waals surface area contributed by atoms with Gasteiger partial charge in [0, 0.05) is 23.0 Å². The number of rotatable bonds is 5. The van der Waals surface area contributed by atoms with E-state index in [2.05, 4.69) is 29.4 Å². The van der Waals surface area contributed by atoms with Crippen molar-refractivity contribution in [2.75, 3.05) is 0 Å². The topological polar surface area (TPSA) is 72.7 Å². The molecule has 0 radical (unpaired) electrons. The number of benzene rings is 1. The Bertz CT molecular complexity index is 926. The predicted molar refractivity (Wildman–Crippen MR) is 95.3 cm³/mol. The van der Waals surface area contributed by atoms with E-state index >= 15 is 0 Å². The van der Waals surface area contributed by atoms with Gasteiger partial charge >= 0.3 is 0 Å². The molecule has 1 saturated carbocycles. The summed E-state index contributed by atoms with van der Waals surface area (Å²) in [6.07, 6.45) is 4.01. The molecule has 0 bridgehead atoms. The fourth-order valence-corrected chi connectivity index (χ4v) is 3.05. The first kappa shape index (κ1) is 15.7. The lowest BCUT2D eigenvalue weighted by Gasteiger charge is -2.12. The number of nitrogens with zero attached hydrogens (tertiary/aromatic N) is 4. The lowest BCUT2D eigenvalue weighted by Crippen LogP contribution is -2.25. The molecule has 128 valence electrons. The number of nitrogens with one attached hydrogen (secondary N) is 1. The van der Waals surface area contributed by atoms with E-state index in [1.807, 2.05) is 34.9 Å². The van der Waals surface area contributed by atoms with Gasteiger partial charge in [0.05, 0.1) is 17.6 Å². The molecule has 0 aliphatic heterocycles. The van der Waals surface area contributed by atoms with Crippen LogP contribution in [0, 0.1) is 0 Å². The fraction of sp³-hybridized carbons (Fsp3) is 0.368. The molecule has 6 heteroatoms. The highest BCUT2D eigenvalue weighted by molar-refractivity contribution is 6.06. The van der Waals surface area contributed by atoms with E-state index in [4.69, 9.17) is 4.98 Å². The third-order valence-corrected chi connectivity index (χ3v) is 4.59. The first-order valence-corrected chi connectivity index (χ1v) is 8.69. The SMILES string of the molecule is CC(C)n1cnnc1CNC(=O)c1cc(C2CC2)nc2ccccc12. The van der Waals surface area contributed by atoms with Crippen molar-refractivity contribution in [3.05, 3.63) is 53.7 Å². The molecule has 25 heavy (non-hydrogen) atoms. The average molecular weight is 335 g/mol. The Labute approximate surface area is 146 Å². The Morgan fingerprint density at radius 1 is 1.32 bits per heavy atom. The number of pyridine rings is 1. The molecule has 1 N–H and O–H groups in total. The Morgan fingerprint density at radius 3 is 2.88 bits per heavy atom. The van der Waals surface area contributed by atoms with Gasteiger partial charge in [0.15, 0.2) is 5.82 Å². The van der Waals surface area contributed by atoms with Gasteiger partial charge in [-0.1, -0.05) is 18.2 Å². The molecule has 1 fully saturated rings. The van der Waals surface area contributed by atoms with E-state index in [-0.39, 0.29) is 11.9 Å². The molecule has 0 saturated heterocycles. The summed E-state index contributed by atoms with van der Waals surface area (Å²) in [6, 6.07) is 10.0. The fourth-order valence-electron chi connectivity index (χ4n) is 3.05. The van der Waals surface area contributed by atoms with Crippen LogP contribution >= 0.6 is 0 Å². The van der Waals surface area contributed by atoms with Crippen LogP contribution in [0.1, 0.15) is 60.5 Å². The van der Waals surface area contributed by atoms with Crippen LogP contribution in [-0.2, 0) is 6.54 Å². The van der Waals surface area contributed by atoms with Crippen molar-refractivity contribution < 1.29 is 4.79 Å². The van der Waals surface area contributed by atoms with Gasteiger partial charge in [-0.25, -0.2) is 0 Å². The van der Waals surface area contributed by atoms with Gasteiger partial charge < -0.3 is 9.88 Å². The molecular weight excluding hydrogens is 314 g/mol. The molecule has 1 amide bonds. The van der Waals surface area contributed by atoms with E-state index in [1.54, 1.807) is 6.33 Å². The van der Waals surface area contributed by atoms with Crippen molar-refractivity contribution in [1.82, 2.24) is 25.1 Å². The molecule has 3 aromatic rings. The van der Waals surface area contributed by atoms with Gasteiger partial charge in [0.2, 0.25) is 0 Å². The van der Waals surface area contributed by atoms with Crippen molar-refractivity contribution in [3.8, 4) is 0 Å². The largest absolute Gasteiger partial charge is 0.345 e. The van der Waals surface area contributed by atoms with E-state index < -0.39 is 0 Å². The van der Waals surface area contributed by atoms with Gasteiger partial charge in [-0.3, -0.25) is 9.78 Å². The normalized spacial score (nSPS) is 14.2. The second kappa shape index (κ2) is 6.27. The van der Waals surface area contributed by atoms with Crippen LogP contribution in [0.2, 0.25) is 0 Å². The maximum atomic E-state index is 12.8. The highest BCUT2D eigenvalue weighted by atomic mass is 16.1. The number of amides is 1. The zero-order chi connectivity index (χ0) is 17.4. The summed E-state index contributed by atoms with van der Waals surface area (Å²) < 4.78 is 1.96. The van der Waals surface area contributed by atoms with Gasteiger partial charge in [0.1, 0.15) is 6.33 Å². The standard InChI is InChI=1S/C19H21N5O/c1-12(2)24-11-21-23-18(24)10-20-19(25)15-9-17(13-7-8-13)22-16-6-4-3-5-14(15)16/h3-6,9,11-13H,7-8,10H2,1-2H3,(H,20,25). The minimum absolute atomic E-state index is 0.0983. The highest BCUT2D eigenvalue weighted by Gasteiger charge is 2.27. The summed E-state index contributed by atoms with van der Waals surface area (Å²) in [7, 11) is 0. The van der Waals surface area contributed by atoms with Crippen LogP contribution in [0.15, 0.2) is 36.7 Å². The first-order valence-electron chi connectivity index (χ1n) is 8.69. The third-order valence-electron chi connectivity index (χ3n) is 4.59. The summed E-state index contributed by atoms with van der Waals surface area (Å²) in [5.74, 6) is 1.16. The van der Waals surface area contributed by atoms with Crippen LogP contribution in [-0.4, -0.2) is 25.7 Å². The number of carbonyl (C=O) groups excluding carboxylic acids is 1. The smallest absolute Gasteiger partial charge is 0.252 e. The molecule has 1 aliphatic rings. The lowest BCUT2D eigenvalue weighted by atomic mass is 10.1. The molecule has 0 spiro atoms. The average Bonchev–Trinajstić information content (AvgIpc) is 3.36. The molecule has 2 heterocycles. The van der Waals surface area contributed by atoms with Crippen molar-refractivity contribution in [3.63, 3.8) is 0 Å². The molecule has 0 atom stereocenters. The van der Waals surface area contributed by atoms with Crippen molar-refractivity contribution in [2.45, 2.75) is 45.2 Å². The van der Waals surface area contributed by atoms with Crippen molar-refractivity contribution in [1.29, 1.82) is 0 Å². The summed E-state index contributed by atoms with van der Waals surface area (Å²) in [6.45, 7) is 4.48. The zero-order valence-electron chi connectivity index (χ0n) is 14.4. The lowest BCUT2D eigenvalue weighted by molar-refractivity contribution is 0.0950. The predicted octanol–water partition coefficient (Wildman–Crippen LogP) is 3.21. The minimum atomic E-state index is -0.0983. The van der Waals surface area contributed by atoms with Crippen LogP contribution in [0.25, 0.3) is 10.9 Å². The molecule has 4 rings (SSSR count). The van der Waals surface area contributed by atoms with Crippen LogP contribution in [0.3, 0.4) is 0 Å². The number of para-hydroxylation sites is 1. The quantitative estimate of drug-likeness (QED) is 0.777. The molecule has 1 aliphatic carbocycles. The second-order valence-corrected chi connectivity index (χ2v) is 6.82. The molecule has 0 unspecified atom stereocenters. The minimum Gasteiger partial charge on any atom is -0.345 e. The summed E-state index contributed by atoms with van der Waals surface area (Å²) in [5, 5.41) is 11.9. The van der Waals surface area contributed by atoms with Gasteiger partial charge in [-0.2, -0.15) is 0 Å².